The van der Waals surface area contributed by atoms with Crippen LogP contribution in [0.2, 0.25) is 0 Å². The van der Waals surface area contributed by atoms with Crippen LogP contribution >= 0.6 is 0 Å². The van der Waals surface area contributed by atoms with E-state index in [1.165, 1.54) is 29.4 Å². The molecule has 6 nitrogen and oxygen atoms in total. The molecule has 2 aromatic carbocycles. The molecular weight excluding hydrogens is 428 g/mol. The van der Waals surface area contributed by atoms with Gasteiger partial charge in [0.2, 0.25) is 6.10 Å². The third-order valence-electron chi connectivity index (χ3n) is 7.57. The molecule has 0 fully saturated rings. The summed E-state index contributed by atoms with van der Waals surface area (Å²) in [5.74, 6) is -0.463. The van der Waals surface area contributed by atoms with Gasteiger partial charge in [-0.3, -0.25) is 9.68 Å². The van der Waals surface area contributed by atoms with E-state index < -0.39 is 23.2 Å². The van der Waals surface area contributed by atoms with E-state index in [1.807, 2.05) is 22.3 Å². The minimum absolute atomic E-state index is 0.0343. The highest BCUT2D eigenvalue weighted by Gasteiger charge is 2.53. The first-order valence-electron chi connectivity index (χ1n) is 12.0. The summed E-state index contributed by atoms with van der Waals surface area (Å²) in [6.07, 6.45) is -0.923. The first-order chi connectivity index (χ1) is 15.8. The zero-order valence-electron chi connectivity index (χ0n) is 21.9. The number of hydrogen-bond acceptors (Lipinski definition) is 6. The molecule has 2 aliphatic heterocycles. The molecule has 2 aromatic rings. The van der Waals surface area contributed by atoms with E-state index in [2.05, 4.69) is 91.8 Å². The Morgan fingerprint density at radius 1 is 0.706 bits per heavy atom. The fourth-order valence-electron chi connectivity index (χ4n) is 6.06. The van der Waals surface area contributed by atoms with Crippen molar-refractivity contribution in [1.29, 1.82) is 0 Å². The molecule has 0 N–H and O–H groups in total. The van der Waals surface area contributed by atoms with Gasteiger partial charge in [0.25, 0.3) is 0 Å². The number of carbonyl (C=O) groups excluding carboxylic acids is 1. The summed E-state index contributed by atoms with van der Waals surface area (Å²) in [6.45, 7) is 17.0. The van der Waals surface area contributed by atoms with Crippen LogP contribution < -0.4 is 0 Å². The lowest BCUT2D eigenvalue weighted by Crippen LogP contribution is -2.52. The van der Waals surface area contributed by atoms with Crippen molar-refractivity contribution in [2.24, 2.45) is 0 Å². The zero-order valence-corrected chi connectivity index (χ0v) is 21.9. The van der Waals surface area contributed by atoms with Crippen molar-refractivity contribution in [2.75, 3.05) is 13.7 Å². The van der Waals surface area contributed by atoms with Gasteiger partial charge in [-0.1, -0.05) is 48.5 Å². The van der Waals surface area contributed by atoms with Crippen LogP contribution in [0, 0.1) is 0 Å². The zero-order chi connectivity index (χ0) is 25.1. The smallest absolute Gasteiger partial charge is 0.339 e. The Kier molecular flexibility index (Phi) is 5.97. The number of esters is 1. The van der Waals surface area contributed by atoms with E-state index in [0.717, 1.165) is 0 Å². The maximum atomic E-state index is 12.9. The van der Waals surface area contributed by atoms with Gasteiger partial charge in [0.15, 0.2) is 0 Å². The highest BCUT2D eigenvalue weighted by atomic mass is 16.7. The predicted octanol–water partition coefficient (Wildman–Crippen LogP) is 5.36. The molecule has 184 valence electrons. The molecule has 6 heteroatoms. The van der Waals surface area contributed by atoms with Gasteiger partial charge in [-0.05, 0) is 77.6 Å². The number of carbonyl (C=O) groups is 1. The molecule has 0 amide bonds. The highest BCUT2D eigenvalue weighted by molar-refractivity contribution is 5.74. The summed E-state index contributed by atoms with van der Waals surface area (Å²) < 4.78 is 5.13. The Labute approximate surface area is 203 Å². The number of fused-ring (bicyclic) bond motifs is 2. The van der Waals surface area contributed by atoms with Crippen molar-refractivity contribution in [3.8, 4) is 0 Å². The van der Waals surface area contributed by atoms with E-state index in [9.17, 15) is 4.79 Å². The first kappa shape index (κ1) is 24.9. The maximum Gasteiger partial charge on any atom is 0.339 e. The lowest BCUT2D eigenvalue weighted by atomic mass is 9.91. The van der Waals surface area contributed by atoms with E-state index in [4.69, 9.17) is 14.4 Å². The fraction of sp³-hybridized carbons (Fsp3) is 0.536. The Balaban J connectivity index is 1.60. The molecular formula is C28H38N2O4. The molecule has 1 atom stereocenters. The lowest BCUT2D eigenvalue weighted by Gasteiger charge is -2.42. The fourth-order valence-corrected chi connectivity index (χ4v) is 6.06. The van der Waals surface area contributed by atoms with Crippen LogP contribution in [0.15, 0.2) is 48.5 Å². The van der Waals surface area contributed by atoms with Gasteiger partial charge in [0, 0.05) is 0 Å². The number of rotatable bonds is 6. The second kappa shape index (κ2) is 8.16. The standard InChI is InChI=1S/C28H38N2O4/c1-25(2)19-14-10-11-15-20(19)26(3,4)29(25)33-18-23(24(31)32-9)34-30-27(5,6)21-16-12-13-17-22(21)28(30,7)8/h10-17,23H,18H2,1-9H3. The van der Waals surface area contributed by atoms with Gasteiger partial charge in [-0.15, -0.1) is 0 Å². The maximum absolute atomic E-state index is 12.9. The van der Waals surface area contributed by atoms with Crippen molar-refractivity contribution in [1.82, 2.24) is 10.1 Å². The molecule has 34 heavy (non-hydrogen) atoms. The van der Waals surface area contributed by atoms with E-state index >= 15 is 0 Å². The molecule has 0 aromatic heterocycles. The number of hydroxylamine groups is 4. The minimum Gasteiger partial charge on any atom is -0.467 e. The third-order valence-corrected chi connectivity index (χ3v) is 7.57. The van der Waals surface area contributed by atoms with Gasteiger partial charge < -0.3 is 4.74 Å². The van der Waals surface area contributed by atoms with Gasteiger partial charge in [0.1, 0.15) is 6.61 Å². The molecule has 0 saturated heterocycles. The SMILES string of the molecule is COC(=O)C(CON1C(C)(C)c2ccccc2C1(C)C)ON1C(C)(C)c2ccccc2C1(C)C. The molecule has 1 unspecified atom stereocenters. The van der Waals surface area contributed by atoms with Crippen molar-refractivity contribution < 1.29 is 19.2 Å². The minimum atomic E-state index is -0.923. The number of benzene rings is 2. The molecule has 0 saturated carbocycles. The Morgan fingerprint density at radius 2 is 1.06 bits per heavy atom. The molecule has 0 bridgehead atoms. The van der Waals surface area contributed by atoms with Crippen molar-refractivity contribution in [3.05, 3.63) is 70.8 Å². The molecule has 2 heterocycles. The Bertz CT molecular complexity index is 1020. The lowest BCUT2D eigenvalue weighted by molar-refractivity contribution is -0.322. The summed E-state index contributed by atoms with van der Waals surface area (Å²) in [6, 6.07) is 16.7. The average molecular weight is 467 g/mol. The number of ether oxygens (including phenoxy) is 1. The summed E-state index contributed by atoms with van der Waals surface area (Å²) >= 11 is 0. The van der Waals surface area contributed by atoms with E-state index in [1.54, 1.807) is 0 Å². The van der Waals surface area contributed by atoms with Crippen molar-refractivity contribution in [2.45, 2.75) is 83.6 Å². The van der Waals surface area contributed by atoms with Crippen LogP contribution in [0.25, 0.3) is 0 Å². The molecule has 2 aliphatic rings. The largest absolute Gasteiger partial charge is 0.467 e. The predicted molar refractivity (Wildman–Crippen MR) is 132 cm³/mol. The molecule has 0 spiro atoms. The van der Waals surface area contributed by atoms with Crippen LogP contribution in [-0.4, -0.2) is 35.9 Å². The van der Waals surface area contributed by atoms with Gasteiger partial charge in [-0.25, -0.2) is 4.79 Å². The molecule has 0 radical (unpaired) electrons. The topological polar surface area (TPSA) is 51.2 Å². The Morgan fingerprint density at radius 3 is 1.41 bits per heavy atom. The highest BCUT2D eigenvalue weighted by Crippen LogP contribution is 2.51. The number of nitrogens with zero attached hydrogens (tertiary/aromatic N) is 2. The van der Waals surface area contributed by atoms with Crippen LogP contribution in [-0.2, 0) is 41.4 Å². The van der Waals surface area contributed by atoms with Gasteiger partial charge in [-0.2, -0.15) is 10.1 Å². The van der Waals surface area contributed by atoms with E-state index in [0.29, 0.717) is 0 Å². The monoisotopic (exact) mass is 466 g/mol. The van der Waals surface area contributed by atoms with Crippen molar-refractivity contribution in [3.63, 3.8) is 0 Å². The quantitative estimate of drug-likeness (QED) is 0.534. The first-order valence-corrected chi connectivity index (χ1v) is 12.0. The van der Waals surface area contributed by atoms with Crippen LogP contribution in [0.3, 0.4) is 0 Å². The number of hydrogen-bond donors (Lipinski definition) is 0. The summed E-state index contributed by atoms with van der Waals surface area (Å²) in [5.41, 5.74) is 3.18. The molecule has 4 rings (SSSR count). The second-order valence-corrected chi connectivity index (χ2v) is 11.3. The normalized spacial score (nSPS) is 22.7. The third kappa shape index (κ3) is 3.59. The second-order valence-electron chi connectivity index (χ2n) is 11.3. The number of methoxy groups -OCH3 is 1. The van der Waals surface area contributed by atoms with Crippen LogP contribution in [0.1, 0.15) is 77.6 Å². The Hall–Kier alpha value is -2.25. The summed E-state index contributed by atoms with van der Waals surface area (Å²) in [5, 5.41) is 3.91. The average Bonchev–Trinajstić information content (AvgIpc) is 3.04. The molecule has 0 aliphatic carbocycles. The van der Waals surface area contributed by atoms with Crippen LogP contribution in [0.5, 0.6) is 0 Å². The van der Waals surface area contributed by atoms with Crippen LogP contribution in [0.4, 0.5) is 0 Å². The van der Waals surface area contributed by atoms with E-state index in [-0.39, 0.29) is 17.7 Å². The van der Waals surface area contributed by atoms with Gasteiger partial charge in [0.05, 0.1) is 29.3 Å². The summed E-state index contributed by atoms with van der Waals surface area (Å²) in [4.78, 5) is 25.7. The summed E-state index contributed by atoms with van der Waals surface area (Å²) in [7, 11) is 1.38. The van der Waals surface area contributed by atoms with Crippen molar-refractivity contribution >= 4 is 5.97 Å². The van der Waals surface area contributed by atoms with Gasteiger partial charge >= 0.3 is 5.97 Å².